The third-order valence-electron chi connectivity index (χ3n) is 5.15. The Kier molecular flexibility index (Phi) is 9.79. The first-order valence-electron chi connectivity index (χ1n) is 10.5. The van der Waals surface area contributed by atoms with Crippen LogP contribution in [0.1, 0.15) is 59.8 Å². The van der Waals surface area contributed by atoms with Crippen molar-refractivity contribution >= 4 is 17.6 Å². The van der Waals surface area contributed by atoms with Gasteiger partial charge in [-0.3, -0.25) is 4.90 Å². The maximum atomic E-state index is 4.47. The Labute approximate surface area is 175 Å². The summed E-state index contributed by atoms with van der Waals surface area (Å²) >= 11 is 1.81. The smallest absolute Gasteiger partial charge is 0.130 e. The minimum absolute atomic E-state index is 0.362. The summed E-state index contributed by atoms with van der Waals surface area (Å²) in [6.45, 7) is 15.8. The molecule has 0 saturated carbocycles. The summed E-state index contributed by atoms with van der Waals surface area (Å²) in [4.78, 5) is 12.9. The van der Waals surface area contributed by atoms with Crippen molar-refractivity contribution in [2.24, 2.45) is 0 Å². The molecule has 0 saturated heterocycles. The largest absolute Gasteiger partial charge is 0.367 e. The lowest BCUT2D eigenvalue weighted by Gasteiger charge is -2.23. The van der Waals surface area contributed by atoms with Crippen LogP contribution in [0.2, 0.25) is 0 Å². The van der Waals surface area contributed by atoms with E-state index in [1.165, 1.54) is 41.7 Å². The van der Waals surface area contributed by atoms with Crippen molar-refractivity contribution in [2.75, 3.05) is 25.0 Å². The van der Waals surface area contributed by atoms with Gasteiger partial charge in [0.2, 0.25) is 0 Å². The van der Waals surface area contributed by atoms with E-state index in [0.29, 0.717) is 6.04 Å². The number of aromatic nitrogens is 2. The number of allylic oxidation sites excluding steroid dienone is 4. The summed E-state index contributed by atoms with van der Waals surface area (Å²) in [5, 5.41) is 4.59. The van der Waals surface area contributed by atoms with E-state index in [2.05, 4.69) is 66.6 Å². The Hall–Kier alpha value is -1.59. The summed E-state index contributed by atoms with van der Waals surface area (Å²) < 4.78 is 0. The first kappa shape index (κ1) is 22.7. The van der Waals surface area contributed by atoms with Crippen LogP contribution in [0.3, 0.4) is 0 Å². The van der Waals surface area contributed by atoms with Crippen molar-refractivity contribution in [3.05, 3.63) is 47.2 Å². The Balaban J connectivity index is 1.87. The summed E-state index contributed by atoms with van der Waals surface area (Å²) in [5.41, 5.74) is 2.88. The van der Waals surface area contributed by atoms with Crippen LogP contribution in [0, 0.1) is 0 Å². The van der Waals surface area contributed by atoms with Crippen molar-refractivity contribution < 1.29 is 0 Å². The lowest BCUT2D eigenvalue weighted by Crippen LogP contribution is -2.30. The summed E-state index contributed by atoms with van der Waals surface area (Å²) in [5.74, 6) is 0.921. The lowest BCUT2D eigenvalue weighted by atomic mass is 10.0. The maximum Gasteiger partial charge on any atom is 0.130 e. The normalized spacial score (nSPS) is 16.4. The van der Waals surface area contributed by atoms with E-state index in [0.717, 1.165) is 36.9 Å². The molecule has 28 heavy (non-hydrogen) atoms. The van der Waals surface area contributed by atoms with Crippen LogP contribution in [0.15, 0.2) is 52.2 Å². The number of thioether (sulfide) groups is 1. The van der Waals surface area contributed by atoms with Crippen molar-refractivity contribution in [3.8, 4) is 0 Å². The number of likely N-dealkylation sites (N-methyl/N-ethyl adjacent to an activating group) is 1. The van der Waals surface area contributed by atoms with Crippen LogP contribution in [-0.4, -0.2) is 40.5 Å². The van der Waals surface area contributed by atoms with E-state index < -0.39 is 0 Å². The topological polar surface area (TPSA) is 41.0 Å². The molecule has 1 N–H and O–H groups in total. The Bertz CT molecular complexity index is 696. The molecule has 0 radical (unpaired) electrons. The van der Waals surface area contributed by atoms with Crippen LogP contribution in [0.25, 0.3) is 0 Å². The molecular weight excluding hydrogens is 364 g/mol. The molecule has 154 valence electrons. The molecule has 2 rings (SSSR count). The fourth-order valence-electron chi connectivity index (χ4n) is 3.42. The molecule has 0 amide bonds. The van der Waals surface area contributed by atoms with Gasteiger partial charge in [0.15, 0.2) is 0 Å². The van der Waals surface area contributed by atoms with Gasteiger partial charge in [-0.15, -0.1) is 0 Å². The molecule has 1 atom stereocenters. The standard InChI is InChI=1S/C23H36N4S/c1-6-10-18(3)16-27(7-2)14-13-20(5)26-22-15-23(25-17-24-22)28-21-12-9-8-11-19(21)4/h6,10,15,17,20H,1,7-9,11-14,16H2,2-5H3,(H,24,25,26)/b18-10+. The van der Waals surface area contributed by atoms with Crippen LogP contribution in [0.5, 0.6) is 0 Å². The van der Waals surface area contributed by atoms with Crippen molar-refractivity contribution in [1.82, 2.24) is 14.9 Å². The zero-order chi connectivity index (χ0) is 20.4. The Morgan fingerprint density at radius 2 is 2.14 bits per heavy atom. The molecule has 4 nitrogen and oxygen atoms in total. The first-order chi connectivity index (χ1) is 13.5. The maximum absolute atomic E-state index is 4.47. The molecule has 1 aliphatic rings. The number of hydrogen-bond donors (Lipinski definition) is 1. The van der Waals surface area contributed by atoms with Gasteiger partial charge < -0.3 is 5.32 Å². The van der Waals surface area contributed by atoms with Gasteiger partial charge in [0.05, 0.1) is 0 Å². The second kappa shape index (κ2) is 12.1. The highest BCUT2D eigenvalue weighted by molar-refractivity contribution is 8.03. The summed E-state index contributed by atoms with van der Waals surface area (Å²) in [7, 11) is 0. The average molecular weight is 401 g/mol. The fraction of sp³-hybridized carbons (Fsp3) is 0.565. The second-order valence-corrected chi connectivity index (χ2v) is 8.82. The summed E-state index contributed by atoms with van der Waals surface area (Å²) in [6, 6.07) is 2.45. The van der Waals surface area contributed by atoms with Gasteiger partial charge in [-0.25, -0.2) is 9.97 Å². The molecule has 1 aliphatic carbocycles. The van der Waals surface area contributed by atoms with E-state index in [1.807, 2.05) is 17.8 Å². The molecule has 1 aromatic rings. The van der Waals surface area contributed by atoms with Crippen LogP contribution in [-0.2, 0) is 0 Å². The van der Waals surface area contributed by atoms with E-state index in [1.54, 1.807) is 6.33 Å². The predicted octanol–water partition coefficient (Wildman–Crippen LogP) is 6.06. The van der Waals surface area contributed by atoms with Gasteiger partial charge in [0.25, 0.3) is 0 Å². The number of anilines is 1. The third kappa shape index (κ3) is 7.80. The second-order valence-electron chi connectivity index (χ2n) is 7.71. The molecule has 0 bridgehead atoms. The first-order valence-corrected chi connectivity index (χ1v) is 11.3. The zero-order valence-electron chi connectivity index (χ0n) is 18.0. The molecule has 1 heterocycles. The number of nitrogens with one attached hydrogen (secondary N) is 1. The molecule has 0 spiro atoms. The van der Waals surface area contributed by atoms with Crippen LogP contribution in [0.4, 0.5) is 5.82 Å². The fourth-order valence-corrected chi connectivity index (χ4v) is 4.47. The van der Waals surface area contributed by atoms with Gasteiger partial charge >= 0.3 is 0 Å². The van der Waals surface area contributed by atoms with E-state index in [-0.39, 0.29) is 0 Å². The molecule has 1 aromatic heterocycles. The van der Waals surface area contributed by atoms with E-state index in [4.69, 9.17) is 0 Å². The summed E-state index contributed by atoms with van der Waals surface area (Å²) in [6.07, 6.45) is 11.7. The molecule has 0 aliphatic heterocycles. The number of hydrogen-bond acceptors (Lipinski definition) is 5. The van der Waals surface area contributed by atoms with Gasteiger partial charge in [-0.05, 0) is 64.3 Å². The van der Waals surface area contributed by atoms with Crippen molar-refractivity contribution in [2.45, 2.75) is 70.9 Å². The van der Waals surface area contributed by atoms with Gasteiger partial charge in [0, 0.05) is 25.2 Å². The molecular formula is C23H36N4S. The van der Waals surface area contributed by atoms with Crippen LogP contribution < -0.4 is 5.32 Å². The molecule has 1 unspecified atom stereocenters. The highest BCUT2D eigenvalue weighted by Crippen LogP contribution is 2.36. The van der Waals surface area contributed by atoms with E-state index >= 15 is 0 Å². The highest BCUT2D eigenvalue weighted by Gasteiger charge is 2.13. The average Bonchev–Trinajstić information content (AvgIpc) is 2.67. The Morgan fingerprint density at radius 3 is 2.86 bits per heavy atom. The molecule has 0 aromatic carbocycles. The van der Waals surface area contributed by atoms with Crippen molar-refractivity contribution in [1.29, 1.82) is 0 Å². The molecule has 0 fully saturated rings. The lowest BCUT2D eigenvalue weighted by molar-refractivity contribution is 0.302. The van der Waals surface area contributed by atoms with Gasteiger partial charge in [-0.1, -0.05) is 48.6 Å². The zero-order valence-corrected chi connectivity index (χ0v) is 18.8. The molecule has 5 heteroatoms. The quantitative estimate of drug-likeness (QED) is 0.361. The number of rotatable bonds is 11. The minimum atomic E-state index is 0.362. The van der Waals surface area contributed by atoms with Gasteiger partial charge in [-0.2, -0.15) is 0 Å². The van der Waals surface area contributed by atoms with Crippen LogP contribution >= 0.6 is 11.8 Å². The monoisotopic (exact) mass is 400 g/mol. The van der Waals surface area contributed by atoms with Gasteiger partial charge in [0.1, 0.15) is 17.2 Å². The SMILES string of the molecule is C=C/C=C(\C)CN(CC)CCC(C)Nc1cc(SC2=C(C)CCCC2)ncn1. The number of nitrogens with zero attached hydrogens (tertiary/aromatic N) is 3. The van der Waals surface area contributed by atoms with Crippen molar-refractivity contribution in [3.63, 3.8) is 0 Å². The van der Waals surface area contributed by atoms with E-state index in [9.17, 15) is 0 Å². The predicted molar refractivity (Wildman–Crippen MR) is 123 cm³/mol. The minimum Gasteiger partial charge on any atom is -0.367 e. The third-order valence-corrected chi connectivity index (χ3v) is 6.38. The Morgan fingerprint density at radius 1 is 1.36 bits per heavy atom. The highest BCUT2D eigenvalue weighted by atomic mass is 32.2.